The summed E-state index contributed by atoms with van der Waals surface area (Å²) in [5, 5.41) is 0.754. The largest absolute Gasteiger partial charge is 0.462 e. The molecule has 1 aromatic heterocycles. The number of carbonyl (C=O) groups is 2. The van der Waals surface area contributed by atoms with Crippen LogP contribution in [0, 0.1) is 0 Å². The van der Waals surface area contributed by atoms with Gasteiger partial charge in [-0.2, -0.15) is 0 Å². The molecule has 0 bridgehead atoms. The molecular formula is C18H22O4S. The lowest BCUT2D eigenvalue weighted by molar-refractivity contribution is 0.0485. The average molecular weight is 334 g/mol. The Labute approximate surface area is 140 Å². The van der Waals surface area contributed by atoms with Gasteiger partial charge in [0.25, 0.3) is 0 Å². The van der Waals surface area contributed by atoms with Crippen LogP contribution in [0.1, 0.15) is 60.2 Å². The van der Waals surface area contributed by atoms with E-state index in [0.717, 1.165) is 15.6 Å². The van der Waals surface area contributed by atoms with Crippen molar-refractivity contribution in [3.8, 4) is 0 Å². The van der Waals surface area contributed by atoms with Gasteiger partial charge < -0.3 is 9.47 Å². The van der Waals surface area contributed by atoms with Crippen LogP contribution >= 0.6 is 11.3 Å². The molecule has 0 saturated heterocycles. The van der Waals surface area contributed by atoms with Crippen LogP contribution in [0.15, 0.2) is 18.2 Å². The van der Waals surface area contributed by atoms with E-state index < -0.39 is 11.9 Å². The van der Waals surface area contributed by atoms with E-state index in [9.17, 15) is 9.59 Å². The first-order chi connectivity index (χ1) is 10.8. The fourth-order valence-electron chi connectivity index (χ4n) is 2.31. The predicted octanol–water partition coefficient (Wildman–Crippen LogP) is 4.55. The Morgan fingerprint density at radius 3 is 2.22 bits per heavy atom. The SMILES string of the molecule is CCOC(=O)c1sc2ccc(C(C)(C)C)cc2c1C(=O)OCC. The fraction of sp³-hybridized carbons (Fsp3) is 0.444. The molecule has 0 amide bonds. The lowest BCUT2D eigenvalue weighted by Crippen LogP contribution is -2.13. The molecule has 0 atom stereocenters. The molecule has 1 aromatic carbocycles. The summed E-state index contributed by atoms with van der Waals surface area (Å²) in [6.45, 7) is 10.3. The van der Waals surface area contributed by atoms with Crippen LogP contribution in [0.5, 0.6) is 0 Å². The van der Waals surface area contributed by atoms with Gasteiger partial charge in [0.1, 0.15) is 4.88 Å². The first kappa shape index (κ1) is 17.5. The van der Waals surface area contributed by atoms with Gasteiger partial charge in [-0.15, -0.1) is 11.3 Å². The summed E-state index contributed by atoms with van der Waals surface area (Å²) in [6, 6.07) is 5.95. The zero-order valence-electron chi connectivity index (χ0n) is 14.2. The monoisotopic (exact) mass is 334 g/mol. The smallest absolute Gasteiger partial charge is 0.349 e. The number of thiophene rings is 1. The molecule has 4 nitrogen and oxygen atoms in total. The highest BCUT2D eigenvalue weighted by atomic mass is 32.1. The lowest BCUT2D eigenvalue weighted by Gasteiger charge is -2.19. The molecule has 23 heavy (non-hydrogen) atoms. The Bertz CT molecular complexity index is 737. The van der Waals surface area contributed by atoms with Crippen LogP contribution in [0.25, 0.3) is 10.1 Å². The molecule has 2 rings (SSSR count). The quantitative estimate of drug-likeness (QED) is 0.770. The number of carbonyl (C=O) groups excluding carboxylic acids is 2. The maximum atomic E-state index is 12.4. The molecule has 0 radical (unpaired) electrons. The van der Waals surface area contributed by atoms with E-state index in [1.807, 2.05) is 18.2 Å². The van der Waals surface area contributed by atoms with E-state index in [1.54, 1.807) is 13.8 Å². The van der Waals surface area contributed by atoms with Gasteiger partial charge in [0.2, 0.25) is 0 Å². The highest BCUT2D eigenvalue weighted by Gasteiger charge is 2.26. The number of ether oxygens (including phenoxy) is 2. The fourth-order valence-corrected chi connectivity index (χ4v) is 3.38. The van der Waals surface area contributed by atoms with Crippen molar-refractivity contribution in [2.45, 2.75) is 40.0 Å². The molecule has 0 spiro atoms. The molecule has 0 N–H and O–H groups in total. The van der Waals surface area contributed by atoms with E-state index in [-0.39, 0.29) is 18.6 Å². The molecule has 0 fully saturated rings. The van der Waals surface area contributed by atoms with Gasteiger partial charge in [0.15, 0.2) is 0 Å². The van der Waals surface area contributed by atoms with Gasteiger partial charge in [-0.1, -0.05) is 26.8 Å². The summed E-state index contributed by atoms with van der Waals surface area (Å²) < 4.78 is 11.1. The third-order valence-corrected chi connectivity index (χ3v) is 4.65. The number of benzene rings is 1. The van der Waals surface area contributed by atoms with Crippen molar-refractivity contribution in [2.75, 3.05) is 13.2 Å². The number of esters is 2. The van der Waals surface area contributed by atoms with Crippen molar-refractivity contribution < 1.29 is 19.1 Å². The zero-order chi connectivity index (χ0) is 17.2. The Morgan fingerprint density at radius 2 is 1.65 bits per heavy atom. The summed E-state index contributed by atoms with van der Waals surface area (Å²) in [4.78, 5) is 24.9. The molecular weight excluding hydrogens is 312 g/mol. The first-order valence-electron chi connectivity index (χ1n) is 7.70. The Morgan fingerprint density at radius 1 is 1.04 bits per heavy atom. The highest BCUT2D eigenvalue weighted by Crippen LogP contribution is 2.35. The number of hydrogen-bond donors (Lipinski definition) is 0. The predicted molar refractivity (Wildman–Crippen MR) is 92.4 cm³/mol. The first-order valence-corrected chi connectivity index (χ1v) is 8.52. The van der Waals surface area contributed by atoms with E-state index in [0.29, 0.717) is 10.4 Å². The molecule has 2 aromatic rings. The molecule has 0 unspecified atom stereocenters. The summed E-state index contributed by atoms with van der Waals surface area (Å²) in [5.74, 6) is -0.957. The van der Waals surface area contributed by atoms with Gasteiger partial charge in [-0.3, -0.25) is 0 Å². The minimum absolute atomic E-state index is 0.0495. The van der Waals surface area contributed by atoms with E-state index in [4.69, 9.17) is 9.47 Å². The number of fused-ring (bicyclic) bond motifs is 1. The third kappa shape index (κ3) is 3.55. The standard InChI is InChI=1S/C18H22O4S/c1-6-21-16(19)14-12-10-11(18(3,4)5)8-9-13(12)23-15(14)17(20)22-7-2/h8-10H,6-7H2,1-5H3. The Kier molecular flexibility index (Phi) is 5.09. The van der Waals surface area contributed by atoms with Crippen LogP contribution < -0.4 is 0 Å². The van der Waals surface area contributed by atoms with Crippen molar-refractivity contribution in [1.29, 1.82) is 0 Å². The zero-order valence-corrected chi connectivity index (χ0v) is 15.0. The van der Waals surface area contributed by atoms with Crippen LogP contribution in [0.3, 0.4) is 0 Å². The average Bonchev–Trinajstić information content (AvgIpc) is 2.85. The lowest BCUT2D eigenvalue weighted by atomic mass is 9.86. The van der Waals surface area contributed by atoms with Crippen LogP contribution in [-0.4, -0.2) is 25.2 Å². The number of hydrogen-bond acceptors (Lipinski definition) is 5. The summed E-state index contributed by atoms with van der Waals surface area (Å²) >= 11 is 1.27. The molecule has 5 heteroatoms. The van der Waals surface area contributed by atoms with Crippen molar-refractivity contribution >= 4 is 33.4 Å². The van der Waals surface area contributed by atoms with Gasteiger partial charge in [0, 0.05) is 10.1 Å². The normalized spacial score (nSPS) is 11.5. The summed E-state index contributed by atoms with van der Waals surface area (Å²) in [7, 11) is 0. The highest BCUT2D eigenvalue weighted by molar-refractivity contribution is 7.21. The van der Waals surface area contributed by atoms with Crippen molar-refractivity contribution in [2.24, 2.45) is 0 Å². The Balaban J connectivity index is 2.68. The van der Waals surface area contributed by atoms with Gasteiger partial charge >= 0.3 is 11.9 Å². The maximum absolute atomic E-state index is 12.4. The van der Waals surface area contributed by atoms with Gasteiger partial charge in [0.05, 0.1) is 18.8 Å². The van der Waals surface area contributed by atoms with Gasteiger partial charge in [-0.25, -0.2) is 9.59 Å². The van der Waals surface area contributed by atoms with Crippen molar-refractivity contribution in [1.82, 2.24) is 0 Å². The second kappa shape index (κ2) is 6.71. The number of rotatable bonds is 4. The van der Waals surface area contributed by atoms with Gasteiger partial charge in [-0.05, 0) is 37.0 Å². The van der Waals surface area contributed by atoms with Crippen molar-refractivity contribution in [3.05, 3.63) is 34.2 Å². The second-order valence-electron chi connectivity index (χ2n) is 6.21. The topological polar surface area (TPSA) is 52.6 Å². The minimum atomic E-state index is -0.479. The molecule has 124 valence electrons. The summed E-state index contributed by atoms with van der Waals surface area (Å²) in [6.07, 6.45) is 0. The van der Waals surface area contributed by atoms with Crippen molar-refractivity contribution in [3.63, 3.8) is 0 Å². The van der Waals surface area contributed by atoms with Crippen LogP contribution in [0.2, 0.25) is 0 Å². The van der Waals surface area contributed by atoms with E-state index in [2.05, 4.69) is 20.8 Å². The molecule has 0 aliphatic carbocycles. The van der Waals surface area contributed by atoms with Crippen LogP contribution in [-0.2, 0) is 14.9 Å². The second-order valence-corrected chi connectivity index (χ2v) is 7.26. The molecule has 0 aliphatic rings. The molecule has 0 aliphatic heterocycles. The summed E-state index contributed by atoms with van der Waals surface area (Å²) in [5.41, 5.74) is 1.37. The third-order valence-electron chi connectivity index (χ3n) is 3.49. The Hall–Kier alpha value is -1.88. The molecule has 0 saturated carbocycles. The minimum Gasteiger partial charge on any atom is -0.462 e. The van der Waals surface area contributed by atoms with E-state index in [1.165, 1.54) is 11.3 Å². The van der Waals surface area contributed by atoms with Crippen LogP contribution in [0.4, 0.5) is 0 Å². The van der Waals surface area contributed by atoms with E-state index >= 15 is 0 Å². The maximum Gasteiger partial charge on any atom is 0.349 e. The molecule has 1 heterocycles.